The summed E-state index contributed by atoms with van der Waals surface area (Å²) >= 11 is 0. The Labute approximate surface area is 175 Å². The number of likely N-dealkylation sites (tertiary alicyclic amines) is 2. The Kier molecular flexibility index (Phi) is 7.71. The zero-order chi connectivity index (χ0) is 20.9. The number of piperidine rings is 1. The van der Waals surface area contributed by atoms with Crippen molar-refractivity contribution in [2.24, 2.45) is 5.92 Å². The van der Waals surface area contributed by atoms with Gasteiger partial charge in [0.25, 0.3) is 0 Å². The van der Waals surface area contributed by atoms with E-state index in [1.54, 1.807) is 11.4 Å². The highest BCUT2D eigenvalue weighted by molar-refractivity contribution is 7.88. The van der Waals surface area contributed by atoms with Gasteiger partial charge in [-0.15, -0.1) is 0 Å². The van der Waals surface area contributed by atoms with Crippen molar-refractivity contribution in [3.05, 3.63) is 35.9 Å². The van der Waals surface area contributed by atoms with Gasteiger partial charge in [0.05, 0.1) is 12.3 Å². The Morgan fingerprint density at radius 2 is 1.72 bits per heavy atom. The summed E-state index contributed by atoms with van der Waals surface area (Å²) in [5.41, 5.74) is 0.806. The van der Waals surface area contributed by atoms with Crippen LogP contribution < -0.4 is 0 Å². The van der Waals surface area contributed by atoms with Crippen LogP contribution in [0.4, 0.5) is 0 Å². The molecular formula is C22H35N3O3S. The van der Waals surface area contributed by atoms with Gasteiger partial charge < -0.3 is 4.90 Å². The second-order valence-electron chi connectivity index (χ2n) is 8.68. The molecule has 0 spiro atoms. The zero-order valence-corrected chi connectivity index (χ0v) is 18.6. The van der Waals surface area contributed by atoms with E-state index in [4.69, 9.17) is 0 Å². The molecule has 0 bridgehead atoms. The van der Waals surface area contributed by atoms with Crippen LogP contribution >= 0.6 is 0 Å². The summed E-state index contributed by atoms with van der Waals surface area (Å²) in [4.78, 5) is 17.0. The summed E-state index contributed by atoms with van der Waals surface area (Å²) in [6.45, 7) is 6.15. The number of rotatable bonds is 6. The van der Waals surface area contributed by atoms with E-state index < -0.39 is 10.0 Å². The monoisotopic (exact) mass is 421 g/mol. The molecule has 6 nitrogen and oxygen atoms in total. The van der Waals surface area contributed by atoms with Gasteiger partial charge in [-0.05, 0) is 56.7 Å². The molecule has 29 heavy (non-hydrogen) atoms. The van der Waals surface area contributed by atoms with Gasteiger partial charge in [-0.25, -0.2) is 12.7 Å². The van der Waals surface area contributed by atoms with Crippen molar-refractivity contribution in [3.63, 3.8) is 0 Å². The Balaban J connectivity index is 1.52. The highest BCUT2D eigenvalue weighted by atomic mass is 32.2. The first-order chi connectivity index (χ1) is 13.8. The van der Waals surface area contributed by atoms with Gasteiger partial charge >= 0.3 is 0 Å². The lowest BCUT2D eigenvalue weighted by atomic mass is 9.99. The number of hydrogen-bond donors (Lipinski definition) is 0. The van der Waals surface area contributed by atoms with Crippen LogP contribution in [0, 0.1) is 5.92 Å². The molecule has 1 amide bonds. The van der Waals surface area contributed by atoms with Crippen molar-refractivity contribution in [2.45, 2.75) is 50.8 Å². The molecule has 1 aromatic carbocycles. The predicted molar refractivity (Wildman–Crippen MR) is 116 cm³/mol. The summed E-state index contributed by atoms with van der Waals surface area (Å²) in [7, 11) is -1.68. The fraction of sp³-hybridized carbons (Fsp3) is 0.682. The molecule has 2 heterocycles. The van der Waals surface area contributed by atoms with Crippen LogP contribution in [0.5, 0.6) is 0 Å². The molecule has 7 heteroatoms. The van der Waals surface area contributed by atoms with Crippen molar-refractivity contribution in [1.29, 1.82) is 0 Å². The van der Waals surface area contributed by atoms with E-state index in [1.165, 1.54) is 12.8 Å². The molecular weight excluding hydrogens is 386 g/mol. The third-order valence-corrected chi connectivity index (χ3v) is 8.30. The highest BCUT2D eigenvalue weighted by Gasteiger charge is 2.30. The van der Waals surface area contributed by atoms with E-state index in [-0.39, 0.29) is 17.7 Å². The second kappa shape index (κ2) is 10.0. The number of carbonyl (C=O) groups is 1. The molecule has 2 aliphatic heterocycles. The molecule has 2 fully saturated rings. The van der Waals surface area contributed by atoms with Crippen LogP contribution in [-0.2, 0) is 20.6 Å². The SMILES string of the molecule is CC1CCN(CC(=O)N2CCC[C@@H](N(C)S(=O)(=O)Cc3ccccc3)CC2)CC1. The van der Waals surface area contributed by atoms with Crippen molar-refractivity contribution in [2.75, 3.05) is 39.8 Å². The van der Waals surface area contributed by atoms with Crippen LogP contribution in [-0.4, -0.2) is 74.2 Å². The largest absolute Gasteiger partial charge is 0.342 e. The Bertz CT molecular complexity index is 761. The molecule has 1 atom stereocenters. The fourth-order valence-electron chi connectivity index (χ4n) is 4.32. The minimum absolute atomic E-state index is 0.0247. The number of benzene rings is 1. The average molecular weight is 422 g/mol. The van der Waals surface area contributed by atoms with Crippen molar-refractivity contribution in [3.8, 4) is 0 Å². The molecule has 0 radical (unpaired) electrons. The standard InChI is InChI=1S/C22H35N3O3S/c1-19-10-14-24(15-11-19)17-22(26)25-13-6-9-21(12-16-25)23(2)29(27,28)18-20-7-4-3-5-8-20/h3-5,7-8,19,21H,6,9-18H2,1-2H3/t21-/m1/s1. The van der Waals surface area contributed by atoms with E-state index in [1.807, 2.05) is 35.2 Å². The second-order valence-corrected chi connectivity index (χ2v) is 10.7. The Morgan fingerprint density at radius 3 is 2.41 bits per heavy atom. The number of amides is 1. The lowest BCUT2D eigenvalue weighted by Crippen LogP contribution is -2.44. The summed E-state index contributed by atoms with van der Waals surface area (Å²) in [6, 6.07) is 9.27. The van der Waals surface area contributed by atoms with Crippen LogP contribution in [0.2, 0.25) is 0 Å². The average Bonchev–Trinajstić information content (AvgIpc) is 2.96. The molecule has 3 rings (SSSR count). The molecule has 162 valence electrons. The van der Waals surface area contributed by atoms with Crippen molar-refractivity contribution < 1.29 is 13.2 Å². The Hall–Kier alpha value is -1.44. The molecule has 0 aliphatic carbocycles. The normalized spacial score (nSPS) is 22.6. The number of sulfonamides is 1. The maximum atomic E-state index is 12.9. The first-order valence-corrected chi connectivity index (χ1v) is 12.5. The van der Waals surface area contributed by atoms with Gasteiger partial charge in [-0.1, -0.05) is 37.3 Å². The van der Waals surface area contributed by atoms with Gasteiger partial charge in [0.2, 0.25) is 15.9 Å². The first-order valence-electron chi connectivity index (χ1n) is 10.8. The Morgan fingerprint density at radius 1 is 1.03 bits per heavy atom. The quantitative estimate of drug-likeness (QED) is 0.708. The van der Waals surface area contributed by atoms with E-state index in [2.05, 4.69) is 11.8 Å². The van der Waals surface area contributed by atoms with Crippen LogP contribution in [0.3, 0.4) is 0 Å². The zero-order valence-electron chi connectivity index (χ0n) is 17.8. The fourth-order valence-corrected chi connectivity index (χ4v) is 5.80. The molecule has 0 N–H and O–H groups in total. The summed E-state index contributed by atoms with van der Waals surface area (Å²) < 4.78 is 27.3. The number of carbonyl (C=O) groups excluding carboxylic acids is 1. The molecule has 2 aliphatic rings. The molecule has 0 aromatic heterocycles. The highest BCUT2D eigenvalue weighted by Crippen LogP contribution is 2.21. The number of nitrogens with zero attached hydrogens (tertiary/aromatic N) is 3. The number of hydrogen-bond acceptors (Lipinski definition) is 4. The van der Waals surface area contributed by atoms with Crippen LogP contribution in [0.1, 0.15) is 44.6 Å². The van der Waals surface area contributed by atoms with Gasteiger partial charge in [0, 0.05) is 26.2 Å². The van der Waals surface area contributed by atoms with Crippen molar-refractivity contribution in [1.82, 2.24) is 14.1 Å². The maximum Gasteiger partial charge on any atom is 0.236 e. The molecule has 1 aromatic rings. The topological polar surface area (TPSA) is 60.9 Å². The predicted octanol–water partition coefficient (Wildman–Crippen LogP) is 2.56. The molecule has 0 saturated carbocycles. The van der Waals surface area contributed by atoms with Crippen molar-refractivity contribution >= 4 is 15.9 Å². The molecule has 0 unspecified atom stereocenters. The molecule has 2 saturated heterocycles. The maximum absolute atomic E-state index is 12.9. The van der Waals surface area contributed by atoms with Gasteiger partial charge in [-0.2, -0.15) is 0 Å². The van der Waals surface area contributed by atoms with Gasteiger partial charge in [0.1, 0.15) is 0 Å². The summed E-state index contributed by atoms with van der Waals surface area (Å²) in [6.07, 6.45) is 4.68. The minimum Gasteiger partial charge on any atom is -0.342 e. The van der Waals surface area contributed by atoms with Crippen LogP contribution in [0.15, 0.2) is 30.3 Å². The summed E-state index contributed by atoms with van der Waals surface area (Å²) in [5.74, 6) is 0.973. The third kappa shape index (κ3) is 6.27. The van der Waals surface area contributed by atoms with Crippen LogP contribution in [0.25, 0.3) is 0 Å². The minimum atomic E-state index is -3.37. The smallest absolute Gasteiger partial charge is 0.236 e. The lowest BCUT2D eigenvalue weighted by molar-refractivity contribution is -0.132. The van der Waals surface area contributed by atoms with E-state index in [0.717, 1.165) is 44.0 Å². The third-order valence-electron chi connectivity index (χ3n) is 6.43. The van der Waals surface area contributed by atoms with Gasteiger partial charge in [0.15, 0.2) is 0 Å². The summed E-state index contributed by atoms with van der Waals surface area (Å²) in [5, 5.41) is 0. The van der Waals surface area contributed by atoms with E-state index in [0.29, 0.717) is 19.5 Å². The van der Waals surface area contributed by atoms with E-state index >= 15 is 0 Å². The van der Waals surface area contributed by atoms with Gasteiger partial charge in [-0.3, -0.25) is 9.69 Å². The first kappa shape index (κ1) is 22.2. The lowest BCUT2D eigenvalue weighted by Gasteiger charge is -2.31. The van der Waals surface area contributed by atoms with E-state index in [9.17, 15) is 13.2 Å².